The molecule has 1 heterocycles. The molecular formula is C13H17ClN2OS. The summed E-state index contributed by atoms with van der Waals surface area (Å²) in [6.07, 6.45) is 1.07. The molecule has 0 bridgehead atoms. The molecule has 0 aliphatic heterocycles. The number of thiophene rings is 1. The van der Waals surface area contributed by atoms with Crippen molar-refractivity contribution in [1.82, 2.24) is 4.90 Å². The predicted octanol–water partition coefficient (Wildman–Crippen LogP) is 3.69. The zero-order valence-electron chi connectivity index (χ0n) is 10.9. The Morgan fingerprint density at radius 3 is 2.50 bits per heavy atom. The Morgan fingerprint density at radius 2 is 2.11 bits per heavy atom. The number of hydrogen-bond donors (Lipinski definition) is 0. The fraction of sp³-hybridized carbons (Fsp3) is 0.538. The van der Waals surface area contributed by atoms with Crippen LogP contribution >= 0.6 is 22.9 Å². The molecule has 1 amide bonds. The number of carbonyl (C=O) groups is 1. The molecule has 3 nitrogen and oxygen atoms in total. The summed E-state index contributed by atoms with van der Waals surface area (Å²) in [5, 5.41) is 9.25. The minimum atomic E-state index is -0.893. The fourth-order valence-electron chi connectivity index (χ4n) is 1.87. The molecule has 0 aliphatic carbocycles. The van der Waals surface area contributed by atoms with E-state index in [0.717, 1.165) is 4.88 Å². The number of amides is 1. The maximum atomic E-state index is 12.3. The molecule has 0 radical (unpaired) electrons. The molecule has 0 spiro atoms. The standard InChI is InChI=1S/C13H17ClN2OS/c1-4-13(5-2,9-15)12(17)16(3)8-10-6-7-11(14)18-10/h6-7H,4-5,8H2,1-3H3. The first-order valence-electron chi connectivity index (χ1n) is 5.90. The van der Waals surface area contributed by atoms with Gasteiger partial charge in [0.1, 0.15) is 5.41 Å². The van der Waals surface area contributed by atoms with Crippen LogP contribution in [-0.4, -0.2) is 17.9 Å². The maximum Gasteiger partial charge on any atom is 0.243 e. The number of hydrogen-bond acceptors (Lipinski definition) is 3. The third-order valence-corrected chi connectivity index (χ3v) is 4.41. The molecule has 0 saturated carbocycles. The number of nitriles is 1. The van der Waals surface area contributed by atoms with Crippen molar-refractivity contribution in [3.8, 4) is 6.07 Å². The zero-order valence-corrected chi connectivity index (χ0v) is 12.4. The average molecular weight is 285 g/mol. The molecule has 0 aromatic carbocycles. The van der Waals surface area contributed by atoms with Crippen molar-refractivity contribution in [3.63, 3.8) is 0 Å². The van der Waals surface area contributed by atoms with Gasteiger partial charge < -0.3 is 4.90 Å². The first-order valence-corrected chi connectivity index (χ1v) is 7.09. The normalized spacial score (nSPS) is 11.1. The monoisotopic (exact) mass is 284 g/mol. The van der Waals surface area contributed by atoms with E-state index in [0.29, 0.717) is 23.7 Å². The van der Waals surface area contributed by atoms with Crippen molar-refractivity contribution in [2.45, 2.75) is 33.2 Å². The van der Waals surface area contributed by atoms with E-state index in [9.17, 15) is 10.1 Å². The lowest BCUT2D eigenvalue weighted by Crippen LogP contribution is -2.40. The Labute approximate surface area is 117 Å². The lowest BCUT2D eigenvalue weighted by Gasteiger charge is -2.28. The lowest BCUT2D eigenvalue weighted by molar-refractivity contribution is -0.138. The highest BCUT2D eigenvalue weighted by molar-refractivity contribution is 7.16. The number of carbonyl (C=O) groups excluding carboxylic acids is 1. The van der Waals surface area contributed by atoms with Crippen molar-refractivity contribution >= 4 is 28.8 Å². The van der Waals surface area contributed by atoms with E-state index in [2.05, 4.69) is 6.07 Å². The Bertz CT molecular complexity index is 460. The van der Waals surface area contributed by atoms with E-state index in [1.807, 2.05) is 26.0 Å². The molecule has 18 heavy (non-hydrogen) atoms. The Balaban J connectivity index is 2.81. The van der Waals surface area contributed by atoms with E-state index in [1.54, 1.807) is 11.9 Å². The van der Waals surface area contributed by atoms with Crippen LogP contribution in [0.5, 0.6) is 0 Å². The summed E-state index contributed by atoms with van der Waals surface area (Å²) in [5.74, 6) is -0.112. The predicted molar refractivity (Wildman–Crippen MR) is 74.4 cm³/mol. The smallest absolute Gasteiger partial charge is 0.243 e. The fourth-order valence-corrected chi connectivity index (χ4v) is 3.01. The van der Waals surface area contributed by atoms with Gasteiger partial charge in [-0.1, -0.05) is 25.4 Å². The number of nitrogens with zero attached hydrogens (tertiary/aromatic N) is 2. The van der Waals surface area contributed by atoms with Gasteiger partial charge in [-0.05, 0) is 25.0 Å². The summed E-state index contributed by atoms with van der Waals surface area (Å²) in [5.41, 5.74) is -0.893. The molecule has 98 valence electrons. The van der Waals surface area contributed by atoms with E-state index in [1.165, 1.54) is 11.3 Å². The van der Waals surface area contributed by atoms with Gasteiger partial charge in [-0.15, -0.1) is 11.3 Å². The van der Waals surface area contributed by atoms with Gasteiger partial charge in [-0.25, -0.2) is 0 Å². The van der Waals surface area contributed by atoms with E-state index in [4.69, 9.17) is 11.6 Å². The molecule has 1 aromatic heterocycles. The van der Waals surface area contributed by atoms with Gasteiger partial charge in [0.15, 0.2) is 0 Å². The Kier molecular flexibility index (Phi) is 5.18. The lowest BCUT2D eigenvalue weighted by atomic mass is 9.82. The molecule has 0 unspecified atom stereocenters. The second-order valence-electron chi connectivity index (χ2n) is 4.27. The highest BCUT2D eigenvalue weighted by Crippen LogP contribution is 2.29. The molecule has 1 rings (SSSR count). The maximum absolute atomic E-state index is 12.3. The van der Waals surface area contributed by atoms with Crippen LogP contribution in [0.15, 0.2) is 12.1 Å². The van der Waals surface area contributed by atoms with Crippen molar-refractivity contribution < 1.29 is 4.79 Å². The second-order valence-corrected chi connectivity index (χ2v) is 6.07. The van der Waals surface area contributed by atoms with E-state index in [-0.39, 0.29) is 5.91 Å². The van der Waals surface area contributed by atoms with Crippen LogP contribution in [0, 0.1) is 16.7 Å². The van der Waals surface area contributed by atoms with Crippen LogP contribution in [0.2, 0.25) is 4.34 Å². The molecule has 0 N–H and O–H groups in total. The SMILES string of the molecule is CCC(C#N)(CC)C(=O)N(C)Cc1ccc(Cl)s1. The minimum absolute atomic E-state index is 0.112. The van der Waals surface area contributed by atoms with Gasteiger partial charge in [-0.2, -0.15) is 5.26 Å². The summed E-state index contributed by atoms with van der Waals surface area (Å²) in [6.45, 7) is 4.25. The Hall–Kier alpha value is -1.05. The van der Waals surface area contributed by atoms with Crippen molar-refractivity contribution in [1.29, 1.82) is 5.26 Å². The van der Waals surface area contributed by atoms with Crippen molar-refractivity contribution in [2.75, 3.05) is 7.05 Å². The number of rotatable bonds is 5. The van der Waals surface area contributed by atoms with Gasteiger partial charge in [0.2, 0.25) is 5.91 Å². The first kappa shape index (κ1) is 15.0. The molecule has 0 atom stereocenters. The van der Waals surface area contributed by atoms with E-state index < -0.39 is 5.41 Å². The van der Waals surface area contributed by atoms with Crippen molar-refractivity contribution in [3.05, 3.63) is 21.3 Å². The summed E-state index contributed by atoms with van der Waals surface area (Å²) in [4.78, 5) is 15.0. The topological polar surface area (TPSA) is 44.1 Å². The molecule has 0 fully saturated rings. The summed E-state index contributed by atoms with van der Waals surface area (Å²) in [7, 11) is 1.73. The van der Waals surface area contributed by atoms with Gasteiger partial charge in [0, 0.05) is 11.9 Å². The molecule has 1 aromatic rings. The molecule has 0 saturated heterocycles. The highest BCUT2D eigenvalue weighted by Gasteiger charge is 2.37. The third-order valence-electron chi connectivity index (χ3n) is 3.20. The minimum Gasteiger partial charge on any atom is -0.339 e. The molecule has 0 aliphatic rings. The van der Waals surface area contributed by atoms with Gasteiger partial charge in [-0.3, -0.25) is 4.79 Å². The van der Waals surface area contributed by atoms with Crippen LogP contribution in [0.25, 0.3) is 0 Å². The third kappa shape index (κ3) is 3.04. The van der Waals surface area contributed by atoms with Crippen LogP contribution < -0.4 is 0 Å². The molecule has 5 heteroatoms. The second kappa shape index (κ2) is 6.21. The van der Waals surface area contributed by atoms with Crippen LogP contribution in [0.3, 0.4) is 0 Å². The highest BCUT2D eigenvalue weighted by atomic mass is 35.5. The first-order chi connectivity index (χ1) is 8.49. The van der Waals surface area contributed by atoms with Gasteiger partial charge in [0.05, 0.1) is 17.0 Å². The van der Waals surface area contributed by atoms with Crippen LogP contribution in [0.4, 0.5) is 0 Å². The largest absolute Gasteiger partial charge is 0.339 e. The summed E-state index contributed by atoms with van der Waals surface area (Å²) in [6, 6.07) is 5.89. The van der Waals surface area contributed by atoms with Gasteiger partial charge >= 0.3 is 0 Å². The zero-order chi connectivity index (χ0) is 13.8. The average Bonchev–Trinajstić information content (AvgIpc) is 2.77. The Morgan fingerprint density at radius 1 is 1.50 bits per heavy atom. The van der Waals surface area contributed by atoms with Gasteiger partial charge in [0.25, 0.3) is 0 Å². The van der Waals surface area contributed by atoms with Crippen molar-refractivity contribution in [2.24, 2.45) is 5.41 Å². The summed E-state index contributed by atoms with van der Waals surface area (Å²) >= 11 is 7.31. The van der Waals surface area contributed by atoms with E-state index >= 15 is 0 Å². The van der Waals surface area contributed by atoms with Crippen LogP contribution in [0.1, 0.15) is 31.6 Å². The summed E-state index contributed by atoms with van der Waals surface area (Å²) < 4.78 is 0.711. The quantitative estimate of drug-likeness (QED) is 0.828. The molecular weight excluding hydrogens is 268 g/mol. The number of halogens is 1. The van der Waals surface area contributed by atoms with Crippen LogP contribution in [-0.2, 0) is 11.3 Å².